The van der Waals surface area contributed by atoms with Crippen molar-refractivity contribution in [1.29, 1.82) is 0 Å². The number of rotatable bonds is 6. The number of fused-ring (bicyclic) bond motifs is 1. The first-order valence-corrected chi connectivity index (χ1v) is 6.49. The number of nitrogens with zero attached hydrogens (tertiary/aromatic N) is 1. The van der Waals surface area contributed by atoms with Gasteiger partial charge in [0.05, 0.1) is 30.9 Å². The third kappa shape index (κ3) is 2.25. The molecule has 3 atom stereocenters. The Morgan fingerprint density at radius 1 is 1.37 bits per heavy atom. The predicted molar refractivity (Wildman–Crippen MR) is 65.1 cm³/mol. The van der Waals surface area contributed by atoms with Gasteiger partial charge in [-0.05, 0) is 12.3 Å². The van der Waals surface area contributed by atoms with Gasteiger partial charge in [0.1, 0.15) is 0 Å². The molecule has 2 aliphatic rings. The normalized spacial score (nSPS) is 29.3. The van der Waals surface area contributed by atoms with Gasteiger partial charge in [-0.1, -0.05) is 13.8 Å². The molecule has 1 aliphatic heterocycles. The highest BCUT2D eigenvalue weighted by atomic mass is 16.5. The number of carboxylic acid groups (broad SMARTS) is 1. The van der Waals surface area contributed by atoms with Crippen LogP contribution in [0.5, 0.6) is 0 Å². The van der Waals surface area contributed by atoms with E-state index in [1.54, 1.807) is 6.92 Å². The van der Waals surface area contributed by atoms with Crippen LogP contribution in [-0.2, 0) is 19.1 Å². The maximum atomic E-state index is 12.1. The quantitative estimate of drug-likeness (QED) is 0.710. The molecule has 19 heavy (non-hydrogen) atoms. The molecule has 1 N–H and O–H groups in total. The molecule has 2 rings (SSSR count). The average Bonchev–Trinajstić information content (AvgIpc) is 2.76. The standard InChI is InChI=1S/C13H19NO5/c1-4-19-7(5-8(15)16)6-14-11(17)9-10(12(14)18)13(9,2)3/h7,9-10H,4-6H2,1-3H3,(H,15,16). The molecule has 106 valence electrons. The molecule has 1 aliphatic carbocycles. The number of carboxylic acids is 1. The van der Waals surface area contributed by atoms with Crippen LogP contribution in [-0.4, -0.2) is 47.0 Å². The summed E-state index contributed by atoms with van der Waals surface area (Å²) in [6.07, 6.45) is -0.833. The number of aliphatic carboxylic acids is 1. The van der Waals surface area contributed by atoms with Crippen LogP contribution in [0.15, 0.2) is 0 Å². The highest BCUT2D eigenvalue weighted by Crippen LogP contribution is 2.63. The van der Waals surface area contributed by atoms with Gasteiger partial charge in [-0.2, -0.15) is 0 Å². The average molecular weight is 269 g/mol. The molecule has 1 saturated heterocycles. The second-order valence-electron chi connectivity index (χ2n) is 5.74. The van der Waals surface area contributed by atoms with Gasteiger partial charge in [0.2, 0.25) is 11.8 Å². The lowest BCUT2D eigenvalue weighted by Gasteiger charge is -2.24. The third-order valence-electron chi connectivity index (χ3n) is 4.08. The summed E-state index contributed by atoms with van der Waals surface area (Å²) >= 11 is 0. The first-order chi connectivity index (χ1) is 8.80. The van der Waals surface area contributed by atoms with E-state index in [4.69, 9.17) is 9.84 Å². The van der Waals surface area contributed by atoms with Crippen LogP contribution in [0.3, 0.4) is 0 Å². The third-order valence-corrected chi connectivity index (χ3v) is 4.08. The minimum atomic E-state index is -0.997. The topological polar surface area (TPSA) is 83.9 Å². The van der Waals surface area contributed by atoms with Crippen LogP contribution < -0.4 is 0 Å². The Hall–Kier alpha value is -1.43. The van der Waals surface area contributed by atoms with E-state index in [1.165, 1.54) is 4.90 Å². The van der Waals surface area contributed by atoms with E-state index in [-0.39, 0.29) is 42.0 Å². The van der Waals surface area contributed by atoms with Crippen LogP contribution in [0.25, 0.3) is 0 Å². The first-order valence-electron chi connectivity index (χ1n) is 6.49. The number of imide groups is 1. The second kappa shape index (κ2) is 4.59. The Labute approximate surface area is 111 Å². The Bertz CT molecular complexity index is 407. The molecule has 0 aromatic carbocycles. The van der Waals surface area contributed by atoms with Crippen molar-refractivity contribution >= 4 is 17.8 Å². The molecule has 0 aromatic heterocycles. The zero-order valence-corrected chi connectivity index (χ0v) is 11.4. The van der Waals surface area contributed by atoms with E-state index in [9.17, 15) is 14.4 Å². The van der Waals surface area contributed by atoms with E-state index in [0.717, 1.165) is 0 Å². The molecule has 2 amide bonds. The second-order valence-corrected chi connectivity index (χ2v) is 5.74. The molecular formula is C13H19NO5. The fourth-order valence-electron chi connectivity index (χ4n) is 2.99. The highest BCUT2D eigenvalue weighted by Gasteiger charge is 2.72. The molecule has 6 nitrogen and oxygen atoms in total. The van der Waals surface area contributed by atoms with Crippen LogP contribution >= 0.6 is 0 Å². The Balaban J connectivity index is 2.02. The van der Waals surface area contributed by atoms with E-state index < -0.39 is 12.1 Å². The smallest absolute Gasteiger partial charge is 0.306 e. The van der Waals surface area contributed by atoms with Gasteiger partial charge in [-0.3, -0.25) is 19.3 Å². The highest BCUT2D eigenvalue weighted by molar-refractivity contribution is 6.10. The van der Waals surface area contributed by atoms with Gasteiger partial charge in [0, 0.05) is 6.61 Å². The van der Waals surface area contributed by atoms with Crippen molar-refractivity contribution in [1.82, 2.24) is 4.90 Å². The van der Waals surface area contributed by atoms with Gasteiger partial charge in [-0.15, -0.1) is 0 Å². The van der Waals surface area contributed by atoms with Crippen molar-refractivity contribution in [2.75, 3.05) is 13.2 Å². The molecule has 0 bridgehead atoms. The van der Waals surface area contributed by atoms with Gasteiger partial charge in [0.15, 0.2) is 0 Å². The fraction of sp³-hybridized carbons (Fsp3) is 0.769. The lowest BCUT2D eigenvalue weighted by Crippen LogP contribution is -2.42. The Kier molecular flexibility index (Phi) is 3.38. The maximum absolute atomic E-state index is 12.1. The zero-order chi connectivity index (χ0) is 14.4. The number of ether oxygens (including phenoxy) is 1. The maximum Gasteiger partial charge on any atom is 0.306 e. The molecule has 0 spiro atoms. The summed E-state index contributed by atoms with van der Waals surface area (Å²) in [6.45, 7) is 5.97. The first kappa shape index (κ1) is 14.0. The number of hydrogen-bond acceptors (Lipinski definition) is 4. The van der Waals surface area contributed by atoms with Crippen LogP contribution in [0.2, 0.25) is 0 Å². The van der Waals surface area contributed by atoms with E-state index in [0.29, 0.717) is 6.61 Å². The number of carbonyl (C=O) groups excluding carboxylic acids is 2. The van der Waals surface area contributed by atoms with Crippen LogP contribution in [0, 0.1) is 17.3 Å². The number of carbonyl (C=O) groups is 3. The molecular weight excluding hydrogens is 250 g/mol. The summed E-state index contributed by atoms with van der Waals surface area (Å²) < 4.78 is 5.29. The molecule has 6 heteroatoms. The molecule has 2 fully saturated rings. The predicted octanol–water partition coefficient (Wildman–Crippen LogP) is 0.507. The lowest BCUT2D eigenvalue weighted by molar-refractivity contribution is -0.149. The summed E-state index contributed by atoms with van der Waals surface area (Å²) in [5, 5.41) is 8.79. The van der Waals surface area contributed by atoms with Gasteiger partial charge in [0.25, 0.3) is 0 Å². The number of likely N-dealkylation sites (tertiary alicyclic amines) is 1. The Morgan fingerprint density at radius 3 is 2.32 bits per heavy atom. The van der Waals surface area contributed by atoms with Crippen molar-refractivity contribution < 1.29 is 24.2 Å². The van der Waals surface area contributed by atoms with Crippen molar-refractivity contribution in [2.45, 2.75) is 33.3 Å². The van der Waals surface area contributed by atoms with Crippen molar-refractivity contribution in [3.63, 3.8) is 0 Å². The summed E-state index contributed by atoms with van der Waals surface area (Å²) in [7, 11) is 0. The van der Waals surface area contributed by atoms with Gasteiger partial charge < -0.3 is 9.84 Å². The van der Waals surface area contributed by atoms with Crippen molar-refractivity contribution in [2.24, 2.45) is 17.3 Å². The van der Waals surface area contributed by atoms with E-state index in [1.807, 2.05) is 13.8 Å². The minimum absolute atomic E-state index is 0.0425. The SMILES string of the molecule is CCOC(CC(=O)O)CN1C(=O)C2C(C1=O)C2(C)C. The van der Waals surface area contributed by atoms with Gasteiger partial charge >= 0.3 is 5.97 Å². The molecule has 1 saturated carbocycles. The summed E-state index contributed by atoms with van der Waals surface area (Å²) in [4.78, 5) is 36.1. The zero-order valence-electron chi connectivity index (χ0n) is 11.4. The summed E-state index contributed by atoms with van der Waals surface area (Å²) in [6, 6.07) is 0. The number of piperidine rings is 1. The molecule has 1 heterocycles. The molecule has 0 aromatic rings. The van der Waals surface area contributed by atoms with E-state index in [2.05, 4.69) is 0 Å². The largest absolute Gasteiger partial charge is 0.481 e. The lowest BCUT2D eigenvalue weighted by atomic mass is 10.1. The molecule has 3 unspecified atom stereocenters. The van der Waals surface area contributed by atoms with Crippen molar-refractivity contribution in [3.8, 4) is 0 Å². The fourth-order valence-corrected chi connectivity index (χ4v) is 2.99. The molecule has 0 radical (unpaired) electrons. The van der Waals surface area contributed by atoms with E-state index >= 15 is 0 Å². The summed E-state index contributed by atoms with van der Waals surface area (Å²) in [5.41, 5.74) is -0.238. The van der Waals surface area contributed by atoms with Crippen LogP contribution in [0.4, 0.5) is 0 Å². The minimum Gasteiger partial charge on any atom is -0.481 e. The number of hydrogen-bond donors (Lipinski definition) is 1. The number of amides is 2. The van der Waals surface area contributed by atoms with Crippen LogP contribution in [0.1, 0.15) is 27.2 Å². The monoisotopic (exact) mass is 269 g/mol. The summed E-state index contributed by atoms with van der Waals surface area (Å²) in [5.74, 6) is -1.83. The van der Waals surface area contributed by atoms with Crippen molar-refractivity contribution in [3.05, 3.63) is 0 Å². The van der Waals surface area contributed by atoms with Gasteiger partial charge in [-0.25, -0.2) is 0 Å². The Morgan fingerprint density at radius 2 is 1.89 bits per heavy atom.